The van der Waals surface area contributed by atoms with Gasteiger partial charge in [0, 0.05) is 11.8 Å². The van der Waals surface area contributed by atoms with Gasteiger partial charge in [0.1, 0.15) is 13.2 Å². The number of benzene rings is 1. The van der Waals surface area contributed by atoms with Gasteiger partial charge in [-0.15, -0.1) is 0 Å². The molecule has 0 saturated carbocycles. The number of sulfone groups is 1. The summed E-state index contributed by atoms with van der Waals surface area (Å²) >= 11 is 0. The van der Waals surface area contributed by atoms with Crippen LogP contribution in [-0.4, -0.2) is 50.4 Å². The predicted octanol–water partition coefficient (Wildman–Crippen LogP) is 0.0276. The molecule has 0 unspecified atom stereocenters. The molecule has 0 aromatic heterocycles. The minimum atomic E-state index is -3.15. The fraction of sp³-hybridized carbons (Fsp3) is 0.500. The maximum atomic E-state index is 11.4. The summed E-state index contributed by atoms with van der Waals surface area (Å²) in [7, 11) is -3.15. The summed E-state index contributed by atoms with van der Waals surface area (Å²) in [6.07, 6.45) is -0.877. The lowest BCUT2D eigenvalue weighted by molar-refractivity contribution is 0.171. The van der Waals surface area contributed by atoms with Crippen LogP contribution in [0.5, 0.6) is 11.5 Å². The Kier molecular flexibility index (Phi) is 3.02. The van der Waals surface area contributed by atoms with Gasteiger partial charge in [0.2, 0.25) is 0 Å². The molecule has 1 saturated heterocycles. The highest BCUT2D eigenvalue weighted by atomic mass is 32.2. The standard InChI is InChI=1S/C12H15NO5S/c14-10-7-19(15,16)6-9(10)13-8-1-2-11-12(5-8)18-4-3-17-11/h1-2,5,9-10,13-14H,3-4,6-7H2/t9-,10-/m1/s1. The molecule has 0 bridgehead atoms. The van der Waals surface area contributed by atoms with E-state index in [2.05, 4.69) is 5.32 Å². The molecule has 1 aromatic rings. The van der Waals surface area contributed by atoms with Crippen molar-refractivity contribution < 1.29 is 23.0 Å². The molecule has 0 radical (unpaired) electrons. The van der Waals surface area contributed by atoms with E-state index >= 15 is 0 Å². The highest BCUT2D eigenvalue weighted by molar-refractivity contribution is 7.91. The van der Waals surface area contributed by atoms with Gasteiger partial charge in [-0.05, 0) is 12.1 Å². The molecule has 2 aliphatic rings. The molecule has 6 nitrogen and oxygen atoms in total. The SMILES string of the molecule is O=S1(=O)C[C@@H](O)[C@H](Nc2ccc3c(c2)OCCO3)C1. The van der Waals surface area contributed by atoms with Gasteiger partial charge in [-0.2, -0.15) is 0 Å². The first-order valence-electron chi connectivity index (χ1n) is 6.08. The van der Waals surface area contributed by atoms with Gasteiger partial charge in [0.15, 0.2) is 21.3 Å². The lowest BCUT2D eigenvalue weighted by Crippen LogP contribution is -2.31. The first-order chi connectivity index (χ1) is 9.03. The summed E-state index contributed by atoms with van der Waals surface area (Å²) < 4.78 is 33.7. The maximum absolute atomic E-state index is 11.4. The second-order valence-corrected chi connectivity index (χ2v) is 6.91. The Balaban J connectivity index is 1.77. The quantitative estimate of drug-likeness (QED) is 0.797. The Labute approximate surface area is 111 Å². The van der Waals surface area contributed by atoms with E-state index in [0.717, 1.165) is 0 Å². The van der Waals surface area contributed by atoms with Crippen LogP contribution in [0.25, 0.3) is 0 Å². The monoisotopic (exact) mass is 285 g/mol. The number of hydrogen-bond acceptors (Lipinski definition) is 6. The zero-order chi connectivity index (χ0) is 13.5. The number of rotatable bonds is 2. The van der Waals surface area contributed by atoms with Crippen LogP contribution in [0.4, 0.5) is 5.69 Å². The van der Waals surface area contributed by atoms with Gasteiger partial charge in [-0.25, -0.2) is 8.42 Å². The van der Waals surface area contributed by atoms with Crippen LogP contribution >= 0.6 is 0 Å². The summed E-state index contributed by atoms with van der Waals surface area (Å²) in [6.45, 7) is 1.02. The molecule has 3 rings (SSSR count). The number of ether oxygens (including phenoxy) is 2. The summed E-state index contributed by atoms with van der Waals surface area (Å²) in [5, 5.41) is 12.8. The van der Waals surface area contributed by atoms with Crippen LogP contribution in [0.1, 0.15) is 0 Å². The molecule has 0 spiro atoms. The number of fused-ring (bicyclic) bond motifs is 1. The normalized spacial score (nSPS) is 28.1. The average Bonchev–Trinajstić information content (AvgIpc) is 2.62. The van der Waals surface area contributed by atoms with Crippen molar-refractivity contribution in [3.05, 3.63) is 18.2 Å². The van der Waals surface area contributed by atoms with Crippen molar-refractivity contribution in [2.75, 3.05) is 30.0 Å². The molecule has 1 aromatic carbocycles. The fourth-order valence-electron chi connectivity index (χ4n) is 2.31. The van der Waals surface area contributed by atoms with Crippen LogP contribution in [0.3, 0.4) is 0 Å². The Morgan fingerprint density at radius 3 is 2.58 bits per heavy atom. The van der Waals surface area contributed by atoms with Crippen LogP contribution in [0, 0.1) is 0 Å². The molecular formula is C12H15NO5S. The van der Waals surface area contributed by atoms with Crippen LogP contribution in [0.2, 0.25) is 0 Å². The first kappa shape index (κ1) is 12.6. The van der Waals surface area contributed by atoms with E-state index < -0.39 is 22.0 Å². The molecule has 2 N–H and O–H groups in total. The van der Waals surface area contributed by atoms with E-state index in [-0.39, 0.29) is 11.5 Å². The lowest BCUT2D eigenvalue weighted by atomic mass is 10.2. The van der Waals surface area contributed by atoms with E-state index in [1.165, 1.54) is 0 Å². The molecule has 2 aliphatic heterocycles. The molecule has 7 heteroatoms. The van der Waals surface area contributed by atoms with Crippen molar-refractivity contribution in [1.82, 2.24) is 0 Å². The smallest absolute Gasteiger partial charge is 0.163 e. The molecule has 1 fully saturated rings. The average molecular weight is 285 g/mol. The zero-order valence-corrected chi connectivity index (χ0v) is 11.0. The minimum Gasteiger partial charge on any atom is -0.486 e. The van der Waals surface area contributed by atoms with E-state index in [4.69, 9.17) is 9.47 Å². The van der Waals surface area contributed by atoms with Crippen molar-refractivity contribution in [2.45, 2.75) is 12.1 Å². The van der Waals surface area contributed by atoms with Gasteiger partial charge < -0.3 is 19.9 Å². The van der Waals surface area contributed by atoms with Crippen molar-refractivity contribution in [3.63, 3.8) is 0 Å². The second kappa shape index (κ2) is 4.57. The summed E-state index contributed by atoms with van der Waals surface area (Å²) in [5.74, 6) is 1.07. The van der Waals surface area contributed by atoms with Gasteiger partial charge in [0.05, 0.1) is 23.7 Å². The molecule has 2 atom stereocenters. The second-order valence-electron chi connectivity index (χ2n) is 4.75. The van der Waals surface area contributed by atoms with Crippen molar-refractivity contribution in [2.24, 2.45) is 0 Å². The number of aliphatic hydroxyl groups excluding tert-OH is 1. The van der Waals surface area contributed by atoms with Crippen LogP contribution in [0.15, 0.2) is 18.2 Å². The molecule has 2 heterocycles. The maximum Gasteiger partial charge on any atom is 0.163 e. The topological polar surface area (TPSA) is 84.9 Å². The molecular weight excluding hydrogens is 270 g/mol. The third-order valence-electron chi connectivity index (χ3n) is 3.22. The minimum absolute atomic E-state index is 0.0530. The van der Waals surface area contributed by atoms with Gasteiger partial charge in [0.25, 0.3) is 0 Å². The largest absolute Gasteiger partial charge is 0.486 e. The van der Waals surface area contributed by atoms with Crippen LogP contribution in [-0.2, 0) is 9.84 Å². The van der Waals surface area contributed by atoms with E-state index in [1.807, 2.05) is 0 Å². The summed E-state index contributed by atoms with van der Waals surface area (Å²) in [4.78, 5) is 0. The lowest BCUT2D eigenvalue weighted by Gasteiger charge is -2.21. The zero-order valence-electron chi connectivity index (χ0n) is 10.2. The highest BCUT2D eigenvalue weighted by Gasteiger charge is 2.36. The third kappa shape index (κ3) is 2.62. The molecule has 0 aliphatic carbocycles. The Morgan fingerprint density at radius 2 is 1.89 bits per heavy atom. The van der Waals surface area contributed by atoms with E-state index in [1.54, 1.807) is 18.2 Å². The van der Waals surface area contributed by atoms with Crippen LogP contribution < -0.4 is 14.8 Å². The predicted molar refractivity (Wildman–Crippen MR) is 69.5 cm³/mol. The van der Waals surface area contributed by atoms with Crippen molar-refractivity contribution in [1.29, 1.82) is 0 Å². The summed E-state index contributed by atoms with van der Waals surface area (Å²) in [6, 6.07) is 4.83. The van der Waals surface area contributed by atoms with Gasteiger partial charge in [-0.1, -0.05) is 0 Å². The van der Waals surface area contributed by atoms with Gasteiger partial charge >= 0.3 is 0 Å². The number of nitrogens with one attached hydrogen (secondary N) is 1. The fourth-order valence-corrected chi connectivity index (χ4v) is 4.06. The number of anilines is 1. The number of aliphatic hydroxyl groups is 1. The molecule has 19 heavy (non-hydrogen) atoms. The molecule has 0 amide bonds. The Hall–Kier alpha value is -1.47. The third-order valence-corrected chi connectivity index (χ3v) is 4.93. The summed E-state index contributed by atoms with van der Waals surface area (Å²) in [5.41, 5.74) is 0.713. The Bertz CT molecular complexity index is 586. The number of hydrogen-bond donors (Lipinski definition) is 2. The van der Waals surface area contributed by atoms with E-state index in [0.29, 0.717) is 30.4 Å². The molecule has 104 valence electrons. The highest BCUT2D eigenvalue weighted by Crippen LogP contribution is 2.33. The van der Waals surface area contributed by atoms with Gasteiger partial charge in [-0.3, -0.25) is 0 Å². The van der Waals surface area contributed by atoms with E-state index in [9.17, 15) is 13.5 Å². The first-order valence-corrected chi connectivity index (χ1v) is 7.90. The van der Waals surface area contributed by atoms with Crippen molar-refractivity contribution >= 4 is 15.5 Å². The van der Waals surface area contributed by atoms with Crippen molar-refractivity contribution in [3.8, 4) is 11.5 Å². The Morgan fingerprint density at radius 1 is 1.16 bits per heavy atom.